The molecule has 0 bridgehead atoms. The van der Waals surface area contributed by atoms with Crippen molar-refractivity contribution in [3.8, 4) is 0 Å². The molecule has 6 heteroatoms. The number of hydrogen-bond acceptors (Lipinski definition) is 2. The molecule has 0 radical (unpaired) electrons. The van der Waals surface area contributed by atoms with Crippen LogP contribution in [0.25, 0.3) is 11.0 Å². The third kappa shape index (κ3) is 2.58. The number of aromatic amines is 1. The Hall–Kier alpha value is -2.04. The minimum Gasteiger partial charge on any atom is -0.342 e. The van der Waals surface area contributed by atoms with Crippen molar-refractivity contribution in [2.75, 3.05) is 11.4 Å². The molecule has 0 unspecified atom stereocenters. The van der Waals surface area contributed by atoms with Crippen molar-refractivity contribution in [2.45, 2.75) is 12.3 Å². The van der Waals surface area contributed by atoms with Crippen molar-refractivity contribution < 1.29 is 4.79 Å². The molecule has 4 nitrogen and oxygen atoms in total. The van der Waals surface area contributed by atoms with Gasteiger partial charge >= 0.3 is 0 Å². The van der Waals surface area contributed by atoms with E-state index in [1.54, 1.807) is 17.0 Å². The topological polar surface area (TPSA) is 49.0 Å². The molecule has 1 aromatic heterocycles. The van der Waals surface area contributed by atoms with Gasteiger partial charge in [-0.05, 0) is 30.3 Å². The molecule has 0 aliphatic carbocycles. The zero-order valence-corrected chi connectivity index (χ0v) is 13.6. The predicted octanol–water partition coefficient (Wildman–Crippen LogP) is 4.39. The smallest absolute Gasteiger partial charge is 0.227 e. The summed E-state index contributed by atoms with van der Waals surface area (Å²) in [6, 6.07) is 13.1. The molecule has 1 saturated heterocycles. The molecule has 3 aromatic rings. The van der Waals surface area contributed by atoms with Gasteiger partial charge in [0.05, 0.1) is 21.1 Å². The zero-order valence-electron chi connectivity index (χ0n) is 12.1. The molecule has 116 valence electrons. The largest absolute Gasteiger partial charge is 0.342 e. The first kappa shape index (κ1) is 14.5. The van der Waals surface area contributed by atoms with Crippen LogP contribution >= 0.6 is 23.2 Å². The van der Waals surface area contributed by atoms with E-state index in [0.717, 1.165) is 22.5 Å². The maximum Gasteiger partial charge on any atom is 0.227 e. The Morgan fingerprint density at radius 2 is 1.96 bits per heavy atom. The Balaban J connectivity index is 1.63. The van der Waals surface area contributed by atoms with Gasteiger partial charge < -0.3 is 9.88 Å². The van der Waals surface area contributed by atoms with E-state index in [9.17, 15) is 4.79 Å². The number of carbonyl (C=O) groups excluding carboxylic acids is 1. The Bertz CT molecular complexity index is 873. The van der Waals surface area contributed by atoms with E-state index in [-0.39, 0.29) is 11.8 Å². The lowest BCUT2D eigenvalue weighted by Gasteiger charge is -2.17. The number of benzene rings is 2. The molecule has 1 fully saturated rings. The van der Waals surface area contributed by atoms with Gasteiger partial charge in [-0.3, -0.25) is 4.79 Å². The number of H-pyrrole nitrogens is 1. The van der Waals surface area contributed by atoms with E-state index in [2.05, 4.69) is 9.97 Å². The number of para-hydroxylation sites is 2. The highest BCUT2D eigenvalue weighted by Crippen LogP contribution is 2.34. The first-order valence-corrected chi connectivity index (χ1v) is 8.07. The second-order valence-electron chi connectivity index (χ2n) is 5.64. The van der Waals surface area contributed by atoms with Crippen molar-refractivity contribution in [3.63, 3.8) is 0 Å². The molecule has 2 aromatic carbocycles. The number of amides is 1. The summed E-state index contributed by atoms with van der Waals surface area (Å²) in [4.78, 5) is 22.0. The molecule has 23 heavy (non-hydrogen) atoms. The summed E-state index contributed by atoms with van der Waals surface area (Å²) in [7, 11) is 0. The van der Waals surface area contributed by atoms with Crippen LogP contribution in [0.15, 0.2) is 42.5 Å². The third-order valence-corrected chi connectivity index (χ3v) is 4.87. The van der Waals surface area contributed by atoms with Gasteiger partial charge in [0.2, 0.25) is 5.91 Å². The Morgan fingerprint density at radius 1 is 1.13 bits per heavy atom. The monoisotopic (exact) mass is 345 g/mol. The normalized spacial score (nSPS) is 18.1. The number of nitrogens with one attached hydrogen (secondary N) is 1. The Labute approximate surface area is 143 Å². The third-order valence-electron chi connectivity index (χ3n) is 4.13. The Morgan fingerprint density at radius 3 is 2.74 bits per heavy atom. The highest BCUT2D eigenvalue weighted by molar-refractivity contribution is 6.42. The molecular weight excluding hydrogens is 333 g/mol. The van der Waals surface area contributed by atoms with Gasteiger partial charge in [-0.2, -0.15) is 0 Å². The Kier molecular flexibility index (Phi) is 3.51. The maximum atomic E-state index is 12.4. The van der Waals surface area contributed by atoms with Crippen LogP contribution in [-0.2, 0) is 4.79 Å². The first-order valence-electron chi connectivity index (χ1n) is 7.32. The van der Waals surface area contributed by atoms with E-state index in [1.165, 1.54) is 0 Å². The summed E-state index contributed by atoms with van der Waals surface area (Å²) < 4.78 is 0. The number of aromatic nitrogens is 2. The number of fused-ring (bicyclic) bond motifs is 1. The molecule has 1 atom stereocenters. The van der Waals surface area contributed by atoms with Gasteiger partial charge in [-0.15, -0.1) is 0 Å². The molecule has 1 N–H and O–H groups in total. The standard InChI is InChI=1S/C17H13Cl2N3O/c18-12-6-5-11(8-13(12)19)22-9-10(7-16(22)23)17-20-14-3-1-2-4-15(14)21-17/h1-6,8,10H,7,9H2,(H,20,21)/t10-/m1/s1. The molecule has 0 spiro atoms. The molecule has 4 rings (SSSR count). The van der Waals surface area contributed by atoms with Crippen molar-refractivity contribution in [2.24, 2.45) is 0 Å². The van der Waals surface area contributed by atoms with Crippen molar-refractivity contribution in [3.05, 3.63) is 58.3 Å². The van der Waals surface area contributed by atoms with E-state index < -0.39 is 0 Å². The lowest BCUT2D eigenvalue weighted by Crippen LogP contribution is -2.24. The van der Waals surface area contributed by atoms with Crippen molar-refractivity contribution in [1.29, 1.82) is 0 Å². The fourth-order valence-corrected chi connectivity index (χ4v) is 3.25. The van der Waals surface area contributed by atoms with Crippen LogP contribution in [0.2, 0.25) is 10.0 Å². The summed E-state index contributed by atoms with van der Waals surface area (Å²) in [6.45, 7) is 0.580. The van der Waals surface area contributed by atoms with Crippen LogP contribution in [0, 0.1) is 0 Å². The average molecular weight is 346 g/mol. The van der Waals surface area contributed by atoms with Crippen LogP contribution in [-0.4, -0.2) is 22.4 Å². The number of rotatable bonds is 2. The van der Waals surface area contributed by atoms with Crippen LogP contribution < -0.4 is 4.90 Å². The summed E-state index contributed by atoms with van der Waals surface area (Å²) in [6.07, 6.45) is 0.431. The zero-order chi connectivity index (χ0) is 16.0. The van der Waals surface area contributed by atoms with Gasteiger partial charge in [-0.1, -0.05) is 35.3 Å². The SMILES string of the molecule is O=C1C[C@@H](c2nc3ccccc3[nH]2)CN1c1ccc(Cl)c(Cl)c1. The van der Waals surface area contributed by atoms with Gasteiger partial charge in [0.1, 0.15) is 5.82 Å². The average Bonchev–Trinajstić information content (AvgIpc) is 3.13. The minimum absolute atomic E-state index is 0.0457. The number of carbonyl (C=O) groups is 1. The second-order valence-corrected chi connectivity index (χ2v) is 6.46. The van der Waals surface area contributed by atoms with E-state index >= 15 is 0 Å². The number of anilines is 1. The van der Waals surface area contributed by atoms with Gasteiger partial charge in [-0.25, -0.2) is 4.98 Å². The highest BCUT2D eigenvalue weighted by atomic mass is 35.5. The first-order chi connectivity index (χ1) is 11.1. The van der Waals surface area contributed by atoms with E-state index in [0.29, 0.717) is 23.0 Å². The number of nitrogens with zero attached hydrogens (tertiary/aromatic N) is 2. The van der Waals surface area contributed by atoms with Gasteiger partial charge in [0.15, 0.2) is 0 Å². The number of halogens is 2. The van der Waals surface area contributed by atoms with E-state index in [1.807, 2.05) is 30.3 Å². The summed E-state index contributed by atoms with van der Waals surface area (Å²) in [5.41, 5.74) is 2.67. The maximum absolute atomic E-state index is 12.4. The van der Waals surface area contributed by atoms with Crippen LogP contribution in [0.5, 0.6) is 0 Å². The molecule has 1 amide bonds. The predicted molar refractivity (Wildman–Crippen MR) is 92.3 cm³/mol. The molecule has 0 saturated carbocycles. The van der Waals surface area contributed by atoms with Crippen LogP contribution in [0.1, 0.15) is 18.2 Å². The number of hydrogen-bond donors (Lipinski definition) is 1. The van der Waals surface area contributed by atoms with Gasteiger partial charge in [0.25, 0.3) is 0 Å². The minimum atomic E-state index is 0.0457. The second kappa shape index (κ2) is 5.55. The fourth-order valence-electron chi connectivity index (χ4n) is 2.96. The summed E-state index contributed by atoms with van der Waals surface area (Å²) >= 11 is 12.0. The van der Waals surface area contributed by atoms with Gasteiger partial charge in [0, 0.05) is 24.6 Å². The summed E-state index contributed by atoms with van der Waals surface area (Å²) in [5.74, 6) is 0.959. The van der Waals surface area contributed by atoms with Crippen LogP contribution in [0.3, 0.4) is 0 Å². The number of imidazole rings is 1. The summed E-state index contributed by atoms with van der Waals surface area (Å²) in [5, 5.41) is 0.931. The molecule has 2 heterocycles. The highest BCUT2D eigenvalue weighted by Gasteiger charge is 2.33. The lowest BCUT2D eigenvalue weighted by molar-refractivity contribution is -0.117. The molecular formula is C17H13Cl2N3O. The van der Waals surface area contributed by atoms with Crippen molar-refractivity contribution >= 4 is 45.8 Å². The van der Waals surface area contributed by atoms with Crippen molar-refractivity contribution in [1.82, 2.24) is 9.97 Å². The molecule has 1 aliphatic heterocycles. The lowest BCUT2D eigenvalue weighted by atomic mass is 10.1. The van der Waals surface area contributed by atoms with E-state index in [4.69, 9.17) is 23.2 Å². The quantitative estimate of drug-likeness (QED) is 0.748. The van der Waals surface area contributed by atoms with Crippen LogP contribution in [0.4, 0.5) is 5.69 Å². The fraction of sp³-hybridized carbons (Fsp3) is 0.176. The molecule has 1 aliphatic rings.